The van der Waals surface area contributed by atoms with Gasteiger partial charge in [0.15, 0.2) is 5.82 Å². The van der Waals surface area contributed by atoms with Crippen molar-refractivity contribution in [3.63, 3.8) is 0 Å². The van der Waals surface area contributed by atoms with E-state index in [2.05, 4.69) is 15.0 Å². The van der Waals surface area contributed by atoms with Crippen molar-refractivity contribution in [2.45, 2.75) is 10.1 Å². The average molecular weight is 300 g/mol. The van der Waals surface area contributed by atoms with Crippen LogP contribution < -0.4 is 0 Å². The first-order chi connectivity index (χ1) is 9.81. The minimum atomic E-state index is 0.428. The minimum Gasteiger partial charge on any atom is -0.250 e. The largest absolute Gasteiger partial charge is 0.250 e. The third-order valence-corrected chi connectivity index (χ3v) is 3.61. The summed E-state index contributed by atoms with van der Waals surface area (Å²) in [4.78, 5) is 13.1. The Morgan fingerprint density at radius 3 is 2.40 bits per heavy atom. The molecule has 0 amide bonds. The lowest BCUT2D eigenvalue weighted by molar-refractivity contribution is 1.05. The molecule has 0 aliphatic rings. The van der Waals surface area contributed by atoms with E-state index in [1.54, 1.807) is 12.3 Å². The molecule has 2 aromatic heterocycles. The molecule has 3 nitrogen and oxygen atoms in total. The van der Waals surface area contributed by atoms with Gasteiger partial charge in [-0.1, -0.05) is 48.0 Å². The molecule has 98 valence electrons. The summed E-state index contributed by atoms with van der Waals surface area (Å²) < 4.78 is 0. The van der Waals surface area contributed by atoms with Crippen LogP contribution in [0.4, 0.5) is 0 Å². The fraction of sp³-hybridized carbons (Fsp3) is 0. The van der Waals surface area contributed by atoms with Crippen molar-refractivity contribution in [2.75, 3.05) is 0 Å². The number of pyridine rings is 1. The van der Waals surface area contributed by atoms with Crippen molar-refractivity contribution in [2.24, 2.45) is 0 Å². The lowest BCUT2D eigenvalue weighted by atomic mass is 10.2. The second-order valence-corrected chi connectivity index (χ2v) is 5.42. The third-order valence-electron chi connectivity index (χ3n) is 2.55. The van der Waals surface area contributed by atoms with Crippen LogP contribution in [0.25, 0.3) is 11.4 Å². The maximum atomic E-state index is 6.08. The molecule has 3 rings (SSSR count). The van der Waals surface area contributed by atoms with Gasteiger partial charge in [0.1, 0.15) is 15.2 Å². The molecule has 0 aliphatic carbocycles. The SMILES string of the molecule is Clc1cc(Sc2ccccn2)nc(-c2ccccc2)n1. The van der Waals surface area contributed by atoms with Crippen molar-refractivity contribution in [1.29, 1.82) is 0 Å². The molecule has 20 heavy (non-hydrogen) atoms. The van der Waals surface area contributed by atoms with Crippen LogP contribution in [0.3, 0.4) is 0 Å². The van der Waals surface area contributed by atoms with Gasteiger partial charge in [-0.2, -0.15) is 0 Å². The Kier molecular flexibility index (Phi) is 3.95. The third kappa shape index (κ3) is 3.15. The fourth-order valence-electron chi connectivity index (χ4n) is 1.68. The number of rotatable bonds is 3. The van der Waals surface area contributed by atoms with E-state index in [9.17, 15) is 0 Å². The van der Waals surface area contributed by atoms with Crippen molar-refractivity contribution in [1.82, 2.24) is 15.0 Å². The van der Waals surface area contributed by atoms with Crippen LogP contribution in [-0.2, 0) is 0 Å². The number of hydrogen-bond acceptors (Lipinski definition) is 4. The lowest BCUT2D eigenvalue weighted by Crippen LogP contribution is -1.92. The highest BCUT2D eigenvalue weighted by Gasteiger charge is 2.07. The first kappa shape index (κ1) is 13.1. The summed E-state index contributed by atoms with van der Waals surface area (Å²) in [5, 5.41) is 2.08. The summed E-state index contributed by atoms with van der Waals surface area (Å²) >= 11 is 7.55. The van der Waals surface area contributed by atoms with Crippen LogP contribution in [0.1, 0.15) is 0 Å². The Labute approximate surface area is 126 Å². The molecule has 1 aromatic carbocycles. The summed E-state index contributed by atoms with van der Waals surface area (Å²) in [5.74, 6) is 0.622. The summed E-state index contributed by atoms with van der Waals surface area (Å²) in [6.07, 6.45) is 1.75. The van der Waals surface area contributed by atoms with E-state index < -0.39 is 0 Å². The van der Waals surface area contributed by atoms with Crippen molar-refractivity contribution in [3.8, 4) is 11.4 Å². The van der Waals surface area contributed by atoms with Crippen LogP contribution in [0.15, 0.2) is 70.8 Å². The Morgan fingerprint density at radius 2 is 1.65 bits per heavy atom. The van der Waals surface area contributed by atoms with Gasteiger partial charge in [-0.3, -0.25) is 0 Å². The molecule has 0 unspecified atom stereocenters. The van der Waals surface area contributed by atoms with Gasteiger partial charge in [0, 0.05) is 17.8 Å². The quantitative estimate of drug-likeness (QED) is 0.674. The van der Waals surface area contributed by atoms with Gasteiger partial charge in [0.25, 0.3) is 0 Å². The van der Waals surface area contributed by atoms with Gasteiger partial charge < -0.3 is 0 Å². The van der Waals surface area contributed by atoms with E-state index in [0.717, 1.165) is 15.6 Å². The molecule has 2 heterocycles. The molecule has 0 spiro atoms. The molecule has 0 saturated carbocycles. The highest BCUT2D eigenvalue weighted by molar-refractivity contribution is 7.99. The first-order valence-electron chi connectivity index (χ1n) is 6.00. The summed E-state index contributed by atoms with van der Waals surface area (Å²) in [6, 6.07) is 17.3. The molecule has 0 N–H and O–H groups in total. The maximum absolute atomic E-state index is 6.08. The van der Waals surface area contributed by atoms with Crippen molar-refractivity contribution >= 4 is 23.4 Å². The molecule has 0 aliphatic heterocycles. The van der Waals surface area contributed by atoms with Gasteiger partial charge in [-0.15, -0.1) is 0 Å². The van der Waals surface area contributed by atoms with E-state index >= 15 is 0 Å². The Balaban J connectivity index is 1.95. The molecule has 0 saturated heterocycles. The van der Waals surface area contributed by atoms with E-state index in [0.29, 0.717) is 11.0 Å². The lowest BCUT2D eigenvalue weighted by Gasteiger charge is -2.04. The predicted octanol–water partition coefficient (Wildman–Crippen LogP) is 4.34. The van der Waals surface area contributed by atoms with E-state index in [4.69, 9.17) is 11.6 Å². The van der Waals surface area contributed by atoms with Crippen LogP contribution in [0.2, 0.25) is 5.15 Å². The molecule has 0 fully saturated rings. The number of halogens is 1. The standard InChI is InChI=1S/C15H10ClN3S/c16-12-10-14(20-13-8-4-5-9-17-13)19-15(18-12)11-6-2-1-3-7-11/h1-10H. The van der Waals surface area contributed by atoms with Crippen molar-refractivity contribution in [3.05, 3.63) is 65.9 Å². The Hall–Kier alpha value is -1.91. The van der Waals surface area contributed by atoms with Crippen LogP contribution in [0.5, 0.6) is 0 Å². The predicted molar refractivity (Wildman–Crippen MR) is 80.8 cm³/mol. The Morgan fingerprint density at radius 1 is 0.850 bits per heavy atom. The normalized spacial score (nSPS) is 10.4. The highest BCUT2D eigenvalue weighted by atomic mass is 35.5. The van der Waals surface area contributed by atoms with Gasteiger partial charge in [0.05, 0.1) is 0 Å². The number of hydrogen-bond donors (Lipinski definition) is 0. The van der Waals surface area contributed by atoms with Gasteiger partial charge in [-0.25, -0.2) is 15.0 Å². The molecular weight excluding hydrogens is 290 g/mol. The van der Waals surface area contributed by atoms with Gasteiger partial charge in [0.2, 0.25) is 0 Å². The van der Waals surface area contributed by atoms with Crippen LogP contribution >= 0.6 is 23.4 Å². The minimum absolute atomic E-state index is 0.428. The highest BCUT2D eigenvalue weighted by Crippen LogP contribution is 2.27. The number of benzene rings is 1. The summed E-state index contributed by atoms with van der Waals surface area (Å²) in [7, 11) is 0. The van der Waals surface area contributed by atoms with E-state index in [1.165, 1.54) is 11.8 Å². The smallest absolute Gasteiger partial charge is 0.162 e. The van der Waals surface area contributed by atoms with E-state index in [1.807, 2.05) is 48.5 Å². The summed E-state index contributed by atoms with van der Waals surface area (Å²) in [5.41, 5.74) is 0.942. The molecular formula is C15H10ClN3S. The fourth-order valence-corrected chi connectivity index (χ4v) is 2.71. The average Bonchev–Trinajstić information content (AvgIpc) is 2.49. The molecule has 0 atom stereocenters. The zero-order valence-electron chi connectivity index (χ0n) is 10.4. The molecule has 3 aromatic rings. The second-order valence-electron chi connectivity index (χ2n) is 3.99. The van der Waals surface area contributed by atoms with Crippen LogP contribution in [-0.4, -0.2) is 15.0 Å². The van der Waals surface area contributed by atoms with E-state index in [-0.39, 0.29) is 0 Å². The maximum Gasteiger partial charge on any atom is 0.162 e. The van der Waals surface area contributed by atoms with Gasteiger partial charge >= 0.3 is 0 Å². The van der Waals surface area contributed by atoms with Gasteiger partial charge in [-0.05, 0) is 23.9 Å². The zero-order valence-corrected chi connectivity index (χ0v) is 12.0. The number of nitrogens with zero attached hydrogens (tertiary/aromatic N) is 3. The Bertz CT molecular complexity index is 705. The molecule has 0 bridgehead atoms. The second kappa shape index (κ2) is 6.03. The monoisotopic (exact) mass is 299 g/mol. The van der Waals surface area contributed by atoms with Crippen LogP contribution in [0, 0.1) is 0 Å². The zero-order chi connectivity index (χ0) is 13.8. The topological polar surface area (TPSA) is 38.7 Å². The first-order valence-corrected chi connectivity index (χ1v) is 7.19. The van der Waals surface area contributed by atoms with Crippen molar-refractivity contribution < 1.29 is 0 Å². The molecule has 5 heteroatoms. The number of aromatic nitrogens is 3. The molecule has 0 radical (unpaired) electrons. The summed E-state index contributed by atoms with van der Waals surface area (Å²) in [6.45, 7) is 0.